The fraction of sp³-hybridized carbons (Fsp3) is 0.600. The number of H-pyrrole nitrogens is 1. The number of carbonyl (C=O) groups excluding carboxylic acids is 2. The van der Waals surface area contributed by atoms with Crippen molar-refractivity contribution in [2.75, 3.05) is 19.6 Å². The van der Waals surface area contributed by atoms with E-state index in [1.807, 2.05) is 6.92 Å². The Morgan fingerprint density at radius 3 is 2.55 bits per heavy atom. The minimum absolute atomic E-state index is 0. The Morgan fingerprint density at radius 1 is 1.36 bits per heavy atom. The Hall–Kier alpha value is -1.37. The number of aromatic amines is 1. The van der Waals surface area contributed by atoms with Crippen molar-refractivity contribution in [3.8, 4) is 0 Å². The zero-order chi connectivity index (χ0) is 15.6. The fourth-order valence-corrected chi connectivity index (χ4v) is 2.94. The number of halogens is 1. The van der Waals surface area contributed by atoms with Crippen molar-refractivity contribution >= 4 is 24.1 Å². The largest absolute Gasteiger partial charge is 0.391 e. The summed E-state index contributed by atoms with van der Waals surface area (Å²) in [5.41, 5.74) is 2.57. The van der Waals surface area contributed by atoms with Gasteiger partial charge in [0.05, 0.1) is 6.10 Å². The molecule has 1 aromatic rings. The minimum Gasteiger partial charge on any atom is -0.391 e. The Kier molecular flexibility index (Phi) is 6.59. The number of hydrogen-bond donors (Lipinski definition) is 4. The van der Waals surface area contributed by atoms with E-state index >= 15 is 0 Å². The van der Waals surface area contributed by atoms with Gasteiger partial charge in [-0.25, -0.2) is 0 Å². The second-order valence-electron chi connectivity index (χ2n) is 5.58. The standard InChI is InChI=1S/C15H23N3O3.ClH/c1-4-11-13(9(3)19)8(2)18-14(11)15(21)17-6-10-5-16-7-12(10)20;/h10,12,16,18,20H,4-7H2,1-3H3,(H,17,21);1H. The first-order valence-corrected chi connectivity index (χ1v) is 7.35. The summed E-state index contributed by atoms with van der Waals surface area (Å²) >= 11 is 0. The number of aliphatic hydroxyl groups is 1. The summed E-state index contributed by atoms with van der Waals surface area (Å²) in [6, 6.07) is 0. The van der Waals surface area contributed by atoms with E-state index in [2.05, 4.69) is 15.6 Å². The summed E-state index contributed by atoms with van der Waals surface area (Å²) in [6.45, 7) is 6.93. The zero-order valence-corrected chi connectivity index (χ0v) is 14.0. The number of Topliss-reactive ketones (excluding diaryl/α,β-unsaturated/α-hetero) is 1. The van der Waals surface area contributed by atoms with Crippen LogP contribution in [0.2, 0.25) is 0 Å². The van der Waals surface area contributed by atoms with E-state index in [0.29, 0.717) is 37.3 Å². The summed E-state index contributed by atoms with van der Waals surface area (Å²) in [7, 11) is 0. The van der Waals surface area contributed by atoms with Crippen LogP contribution in [0.1, 0.15) is 46.0 Å². The quantitative estimate of drug-likeness (QED) is 0.602. The number of aliphatic hydroxyl groups excluding tert-OH is 1. The highest BCUT2D eigenvalue weighted by molar-refractivity contribution is 6.02. The molecular weight excluding hydrogens is 306 g/mol. The summed E-state index contributed by atoms with van der Waals surface area (Å²) in [5, 5.41) is 15.7. The van der Waals surface area contributed by atoms with E-state index in [4.69, 9.17) is 0 Å². The Morgan fingerprint density at radius 2 is 2.05 bits per heavy atom. The molecule has 1 saturated heterocycles. The predicted octanol–water partition coefficient (Wildman–Crippen LogP) is 0.820. The molecule has 0 bridgehead atoms. The van der Waals surface area contributed by atoms with Gasteiger partial charge in [-0.05, 0) is 25.8 Å². The molecule has 1 amide bonds. The maximum absolute atomic E-state index is 12.3. The molecule has 0 aromatic carbocycles. The Bertz CT molecular complexity index is 556. The maximum Gasteiger partial charge on any atom is 0.268 e. The SMILES string of the molecule is CCc1c(C(=O)NCC2CNCC2O)[nH]c(C)c1C(C)=O.Cl. The molecule has 2 heterocycles. The van der Waals surface area contributed by atoms with Crippen LogP contribution in [0.5, 0.6) is 0 Å². The van der Waals surface area contributed by atoms with Crippen LogP contribution in [0.25, 0.3) is 0 Å². The van der Waals surface area contributed by atoms with Gasteiger partial charge < -0.3 is 20.7 Å². The lowest BCUT2D eigenvalue weighted by atomic mass is 10.0. The Labute approximate surface area is 136 Å². The van der Waals surface area contributed by atoms with Crippen molar-refractivity contribution in [1.29, 1.82) is 0 Å². The molecule has 1 aliphatic heterocycles. The molecule has 2 unspecified atom stereocenters. The van der Waals surface area contributed by atoms with Gasteiger partial charge in [-0.1, -0.05) is 6.92 Å². The molecule has 0 aliphatic carbocycles. The summed E-state index contributed by atoms with van der Waals surface area (Å²) in [6.07, 6.45) is 0.199. The van der Waals surface area contributed by atoms with Crippen LogP contribution in [0.3, 0.4) is 0 Å². The first kappa shape index (κ1) is 18.7. The molecule has 6 nitrogen and oxygen atoms in total. The monoisotopic (exact) mass is 329 g/mol. The topological polar surface area (TPSA) is 94.2 Å². The van der Waals surface area contributed by atoms with Crippen molar-refractivity contribution in [3.05, 3.63) is 22.5 Å². The molecule has 0 spiro atoms. The number of nitrogens with one attached hydrogen (secondary N) is 3. The van der Waals surface area contributed by atoms with Gasteiger partial charge >= 0.3 is 0 Å². The van der Waals surface area contributed by atoms with Crippen LogP contribution in [-0.2, 0) is 6.42 Å². The van der Waals surface area contributed by atoms with Gasteiger partial charge in [0.25, 0.3) is 5.91 Å². The number of aromatic nitrogens is 1. The van der Waals surface area contributed by atoms with Crippen LogP contribution in [-0.4, -0.2) is 47.5 Å². The molecule has 124 valence electrons. The van der Waals surface area contributed by atoms with E-state index in [1.165, 1.54) is 6.92 Å². The highest BCUT2D eigenvalue weighted by Crippen LogP contribution is 2.20. The molecule has 0 radical (unpaired) electrons. The number of ketones is 1. The van der Waals surface area contributed by atoms with Crippen LogP contribution in [0, 0.1) is 12.8 Å². The molecule has 0 saturated carbocycles. The highest BCUT2D eigenvalue weighted by atomic mass is 35.5. The van der Waals surface area contributed by atoms with Gasteiger partial charge in [0.15, 0.2) is 5.78 Å². The molecule has 1 aromatic heterocycles. The third-order valence-electron chi connectivity index (χ3n) is 4.05. The van der Waals surface area contributed by atoms with Gasteiger partial charge in [0.2, 0.25) is 0 Å². The summed E-state index contributed by atoms with van der Waals surface area (Å²) in [5.74, 6) is -0.223. The van der Waals surface area contributed by atoms with Crippen LogP contribution in [0.15, 0.2) is 0 Å². The number of rotatable bonds is 5. The second-order valence-corrected chi connectivity index (χ2v) is 5.58. The van der Waals surface area contributed by atoms with E-state index in [9.17, 15) is 14.7 Å². The zero-order valence-electron chi connectivity index (χ0n) is 13.2. The van der Waals surface area contributed by atoms with Crippen LogP contribution in [0.4, 0.5) is 0 Å². The Balaban J connectivity index is 0.00000242. The molecule has 4 N–H and O–H groups in total. The van der Waals surface area contributed by atoms with Crippen LogP contribution >= 0.6 is 12.4 Å². The second kappa shape index (κ2) is 7.76. The lowest BCUT2D eigenvalue weighted by Gasteiger charge is -2.14. The van der Waals surface area contributed by atoms with Crippen LogP contribution < -0.4 is 10.6 Å². The normalized spacial score (nSPS) is 20.5. The maximum atomic E-state index is 12.3. The number of aryl methyl sites for hydroxylation is 1. The minimum atomic E-state index is -0.422. The lowest BCUT2D eigenvalue weighted by Crippen LogP contribution is -2.34. The average Bonchev–Trinajstić information content (AvgIpc) is 2.99. The van der Waals surface area contributed by atoms with E-state index in [0.717, 1.165) is 11.3 Å². The van der Waals surface area contributed by atoms with E-state index in [1.54, 1.807) is 6.92 Å². The third-order valence-corrected chi connectivity index (χ3v) is 4.05. The van der Waals surface area contributed by atoms with Crippen molar-refractivity contribution < 1.29 is 14.7 Å². The number of amides is 1. The van der Waals surface area contributed by atoms with Crippen molar-refractivity contribution in [3.63, 3.8) is 0 Å². The lowest BCUT2D eigenvalue weighted by molar-refractivity contribution is 0.0921. The molecule has 1 fully saturated rings. The average molecular weight is 330 g/mol. The molecule has 22 heavy (non-hydrogen) atoms. The molecule has 1 aliphatic rings. The van der Waals surface area contributed by atoms with Gasteiger partial charge in [0.1, 0.15) is 5.69 Å². The van der Waals surface area contributed by atoms with Crippen molar-refractivity contribution in [2.24, 2.45) is 5.92 Å². The van der Waals surface area contributed by atoms with Gasteiger partial charge in [-0.15, -0.1) is 12.4 Å². The molecule has 7 heteroatoms. The molecule has 2 rings (SSSR count). The first-order chi connectivity index (χ1) is 9.95. The van der Waals surface area contributed by atoms with Gasteiger partial charge in [0, 0.05) is 36.8 Å². The number of β-amino-alcohol motifs (C(OH)–C–C–N with tert-alkyl or cyclic N) is 1. The van der Waals surface area contributed by atoms with Gasteiger partial charge in [-0.2, -0.15) is 0 Å². The fourth-order valence-electron chi connectivity index (χ4n) is 2.94. The summed E-state index contributed by atoms with van der Waals surface area (Å²) in [4.78, 5) is 27.0. The third kappa shape index (κ3) is 3.69. The predicted molar refractivity (Wildman–Crippen MR) is 86.9 cm³/mol. The van der Waals surface area contributed by atoms with Crippen molar-refractivity contribution in [2.45, 2.75) is 33.3 Å². The smallest absolute Gasteiger partial charge is 0.268 e. The highest BCUT2D eigenvalue weighted by Gasteiger charge is 2.26. The summed E-state index contributed by atoms with van der Waals surface area (Å²) < 4.78 is 0. The van der Waals surface area contributed by atoms with Crippen molar-refractivity contribution in [1.82, 2.24) is 15.6 Å². The van der Waals surface area contributed by atoms with E-state index < -0.39 is 6.10 Å². The first-order valence-electron chi connectivity index (χ1n) is 7.35. The number of hydrogen-bond acceptors (Lipinski definition) is 4. The number of carbonyl (C=O) groups is 2. The van der Waals surface area contributed by atoms with Gasteiger partial charge in [-0.3, -0.25) is 9.59 Å². The van der Waals surface area contributed by atoms with E-state index in [-0.39, 0.29) is 30.0 Å². The molecule has 2 atom stereocenters. The molecular formula is C15H24ClN3O3.